The second kappa shape index (κ2) is 12.6. The number of aromatic amines is 1. The number of amides is 1. The third kappa shape index (κ3) is 6.68. The number of carboxylic acid groups (broad SMARTS) is 1. The fourth-order valence-electron chi connectivity index (χ4n) is 4.59. The molecule has 0 aliphatic rings. The Morgan fingerprint density at radius 3 is 2.52 bits per heavy atom. The number of alkyl halides is 3. The standard InChI is InChI=1S/C28H23BrF4N6O3/c1-2-38(24-8-4-17(14-34)15-35-24)9-10-39(27(41)42)25(28(31,32)33)21-11-16(3-7-22(21)30)12-23-20-13-18(29)5-6-19(20)26(40)37-36-23/h3-8,11,13,15,25H,2,9-10,12H2,1H3,(H,37,40)(H,41,42). The first-order chi connectivity index (χ1) is 19.9. The Labute approximate surface area is 245 Å². The number of H-pyrrole nitrogens is 1. The lowest BCUT2D eigenvalue weighted by Crippen LogP contribution is -2.46. The summed E-state index contributed by atoms with van der Waals surface area (Å²) in [5.74, 6) is -0.888. The summed E-state index contributed by atoms with van der Waals surface area (Å²) in [5, 5.41) is 26.0. The number of hydrogen-bond acceptors (Lipinski definition) is 6. The van der Waals surface area contributed by atoms with Crippen LogP contribution in [-0.2, 0) is 6.42 Å². The summed E-state index contributed by atoms with van der Waals surface area (Å²) in [4.78, 5) is 30.2. The van der Waals surface area contributed by atoms with Gasteiger partial charge in [-0.1, -0.05) is 28.1 Å². The van der Waals surface area contributed by atoms with Crippen LogP contribution in [0, 0.1) is 17.1 Å². The van der Waals surface area contributed by atoms with E-state index in [1.54, 1.807) is 30.0 Å². The van der Waals surface area contributed by atoms with Crippen molar-refractivity contribution in [1.82, 2.24) is 20.1 Å². The lowest BCUT2D eigenvalue weighted by atomic mass is 9.98. The Hall–Kier alpha value is -4.51. The van der Waals surface area contributed by atoms with Gasteiger partial charge in [-0.15, -0.1) is 0 Å². The predicted octanol–water partition coefficient (Wildman–Crippen LogP) is 5.79. The average molecular weight is 647 g/mol. The molecule has 2 N–H and O–H groups in total. The average Bonchev–Trinajstić information content (AvgIpc) is 2.95. The van der Waals surface area contributed by atoms with E-state index in [9.17, 15) is 27.9 Å². The third-order valence-electron chi connectivity index (χ3n) is 6.62. The second-order valence-electron chi connectivity index (χ2n) is 9.24. The number of nitriles is 1. The molecular weight excluding hydrogens is 624 g/mol. The van der Waals surface area contributed by atoms with E-state index in [4.69, 9.17) is 5.26 Å². The van der Waals surface area contributed by atoms with Gasteiger partial charge in [0.1, 0.15) is 17.7 Å². The highest BCUT2D eigenvalue weighted by molar-refractivity contribution is 9.10. The lowest BCUT2D eigenvalue weighted by Gasteiger charge is -2.33. The van der Waals surface area contributed by atoms with Crippen molar-refractivity contribution in [3.05, 3.63) is 97.8 Å². The SMILES string of the molecule is CCN(CCN(C(=O)O)C(c1cc(Cc2n[nH]c(=O)c3ccc(Br)cc23)ccc1F)C(F)(F)F)c1ccc(C#N)cn1. The molecule has 0 saturated heterocycles. The van der Waals surface area contributed by atoms with Gasteiger partial charge < -0.3 is 10.0 Å². The number of carbonyl (C=O) groups is 1. The van der Waals surface area contributed by atoms with Crippen molar-refractivity contribution in [3.8, 4) is 6.07 Å². The zero-order valence-corrected chi connectivity index (χ0v) is 23.6. The summed E-state index contributed by atoms with van der Waals surface area (Å²) in [6.45, 7) is 1.18. The first-order valence-electron chi connectivity index (χ1n) is 12.6. The Bertz CT molecular complexity index is 1710. The third-order valence-corrected chi connectivity index (χ3v) is 7.11. The van der Waals surface area contributed by atoms with Gasteiger partial charge in [-0.25, -0.2) is 19.3 Å². The zero-order valence-electron chi connectivity index (χ0n) is 22.0. The van der Waals surface area contributed by atoms with Crippen molar-refractivity contribution in [1.29, 1.82) is 5.26 Å². The van der Waals surface area contributed by atoms with Crippen LogP contribution in [0.3, 0.4) is 0 Å². The molecular formula is C28H23BrF4N6O3. The molecule has 14 heteroatoms. The van der Waals surface area contributed by atoms with E-state index in [0.29, 0.717) is 26.8 Å². The minimum Gasteiger partial charge on any atom is -0.465 e. The Morgan fingerprint density at radius 2 is 1.90 bits per heavy atom. The molecule has 2 aromatic carbocycles. The molecule has 0 radical (unpaired) electrons. The number of hydrogen-bond donors (Lipinski definition) is 2. The summed E-state index contributed by atoms with van der Waals surface area (Å²) in [5.41, 5.74) is -0.476. The Kier molecular flexibility index (Phi) is 9.11. The summed E-state index contributed by atoms with van der Waals surface area (Å²) in [6.07, 6.45) is -5.81. The van der Waals surface area contributed by atoms with Gasteiger partial charge in [0.05, 0.1) is 16.6 Å². The molecule has 0 saturated carbocycles. The molecule has 4 aromatic rings. The van der Waals surface area contributed by atoms with Gasteiger partial charge >= 0.3 is 12.3 Å². The van der Waals surface area contributed by atoms with Crippen molar-refractivity contribution in [3.63, 3.8) is 0 Å². The number of aromatic nitrogens is 3. The van der Waals surface area contributed by atoms with E-state index in [-0.39, 0.29) is 35.5 Å². The summed E-state index contributed by atoms with van der Waals surface area (Å²) in [6, 6.07) is 10.1. The fraction of sp³-hybridized carbons (Fsp3) is 0.250. The summed E-state index contributed by atoms with van der Waals surface area (Å²) >= 11 is 3.32. The number of fused-ring (bicyclic) bond motifs is 1. The van der Waals surface area contributed by atoms with Crippen molar-refractivity contribution >= 4 is 38.6 Å². The van der Waals surface area contributed by atoms with Crippen LogP contribution < -0.4 is 10.5 Å². The molecule has 1 amide bonds. The van der Waals surface area contributed by atoms with E-state index in [1.807, 2.05) is 6.07 Å². The zero-order chi connectivity index (χ0) is 30.6. The van der Waals surface area contributed by atoms with Gasteiger partial charge in [-0.3, -0.25) is 9.69 Å². The quantitative estimate of drug-likeness (QED) is 0.220. The van der Waals surface area contributed by atoms with Crippen LogP contribution in [0.1, 0.15) is 35.3 Å². The summed E-state index contributed by atoms with van der Waals surface area (Å²) < 4.78 is 59.1. The molecule has 0 fully saturated rings. The van der Waals surface area contributed by atoms with Crippen LogP contribution in [0.25, 0.3) is 10.8 Å². The van der Waals surface area contributed by atoms with E-state index < -0.39 is 41.8 Å². The highest BCUT2D eigenvalue weighted by Gasteiger charge is 2.48. The molecule has 2 heterocycles. The maximum Gasteiger partial charge on any atom is 0.413 e. The highest BCUT2D eigenvalue weighted by Crippen LogP contribution is 2.39. The van der Waals surface area contributed by atoms with E-state index >= 15 is 4.39 Å². The van der Waals surface area contributed by atoms with Crippen LogP contribution in [0.4, 0.5) is 28.2 Å². The minimum atomic E-state index is -5.16. The molecule has 0 aliphatic carbocycles. The largest absolute Gasteiger partial charge is 0.465 e. The van der Waals surface area contributed by atoms with Crippen molar-refractivity contribution in [2.75, 3.05) is 24.5 Å². The van der Waals surface area contributed by atoms with Gasteiger partial charge in [0.15, 0.2) is 6.04 Å². The molecule has 2 aromatic heterocycles. The van der Waals surface area contributed by atoms with Gasteiger partial charge in [0, 0.05) is 47.7 Å². The van der Waals surface area contributed by atoms with E-state index in [2.05, 4.69) is 31.1 Å². The molecule has 1 atom stereocenters. The van der Waals surface area contributed by atoms with Crippen LogP contribution >= 0.6 is 15.9 Å². The smallest absolute Gasteiger partial charge is 0.413 e. The number of nitrogens with zero attached hydrogens (tertiary/aromatic N) is 5. The maximum atomic E-state index is 15.0. The molecule has 1 unspecified atom stereocenters. The molecule has 9 nitrogen and oxygen atoms in total. The number of halogens is 5. The van der Waals surface area contributed by atoms with Crippen LogP contribution in [0.15, 0.2) is 64.0 Å². The van der Waals surface area contributed by atoms with Gasteiger partial charge in [0.25, 0.3) is 5.56 Å². The Morgan fingerprint density at radius 1 is 1.14 bits per heavy atom. The summed E-state index contributed by atoms with van der Waals surface area (Å²) in [7, 11) is 0. The fourth-order valence-corrected chi connectivity index (χ4v) is 4.95. The van der Waals surface area contributed by atoms with Gasteiger partial charge in [-0.05, 0) is 48.9 Å². The van der Waals surface area contributed by atoms with Crippen molar-refractivity contribution in [2.45, 2.75) is 25.6 Å². The number of pyridine rings is 1. The molecule has 0 spiro atoms. The van der Waals surface area contributed by atoms with Crippen LogP contribution in [0.2, 0.25) is 0 Å². The molecule has 218 valence electrons. The molecule has 42 heavy (non-hydrogen) atoms. The predicted molar refractivity (Wildman–Crippen MR) is 150 cm³/mol. The number of rotatable bonds is 9. The van der Waals surface area contributed by atoms with Crippen LogP contribution in [-0.4, -0.2) is 57.1 Å². The Balaban J connectivity index is 1.68. The molecule has 0 aliphatic heterocycles. The topological polar surface area (TPSA) is 126 Å². The van der Waals surface area contributed by atoms with Gasteiger partial charge in [-0.2, -0.15) is 23.5 Å². The van der Waals surface area contributed by atoms with Crippen molar-refractivity contribution < 1.29 is 27.5 Å². The monoisotopic (exact) mass is 646 g/mol. The van der Waals surface area contributed by atoms with Gasteiger partial charge in [0.2, 0.25) is 0 Å². The van der Waals surface area contributed by atoms with E-state index in [1.165, 1.54) is 24.4 Å². The highest BCUT2D eigenvalue weighted by atomic mass is 79.9. The minimum absolute atomic E-state index is 0.0668. The first kappa shape index (κ1) is 30.4. The number of anilines is 1. The number of likely N-dealkylation sites (N-methyl/N-ethyl adjacent to an activating group) is 1. The first-order valence-corrected chi connectivity index (χ1v) is 13.3. The lowest BCUT2D eigenvalue weighted by molar-refractivity contribution is -0.181. The number of nitrogens with one attached hydrogen (secondary N) is 1. The molecule has 4 rings (SSSR count). The molecule has 0 bridgehead atoms. The maximum absolute atomic E-state index is 15.0. The number of benzene rings is 2. The second-order valence-corrected chi connectivity index (χ2v) is 10.2. The van der Waals surface area contributed by atoms with Crippen molar-refractivity contribution in [2.24, 2.45) is 0 Å². The van der Waals surface area contributed by atoms with Crippen LogP contribution in [0.5, 0.6) is 0 Å². The van der Waals surface area contributed by atoms with E-state index in [0.717, 1.165) is 12.1 Å². The normalized spacial score (nSPS) is 12.1.